The zero-order valence-electron chi connectivity index (χ0n) is 22.6. The molecule has 0 radical (unpaired) electrons. The normalized spacial score (nSPS) is 12.2. The highest BCUT2D eigenvalue weighted by molar-refractivity contribution is 5.69. The van der Waals surface area contributed by atoms with Crippen molar-refractivity contribution in [3.63, 3.8) is 0 Å². The third kappa shape index (κ3) is 5.63. The molecule has 0 heterocycles. The van der Waals surface area contributed by atoms with E-state index in [0.29, 0.717) is 25.1 Å². The van der Waals surface area contributed by atoms with Crippen molar-refractivity contribution in [3.05, 3.63) is 94.6 Å². The van der Waals surface area contributed by atoms with E-state index in [1.165, 1.54) is 27.8 Å². The minimum Gasteiger partial charge on any atom is -0.429 e. The fourth-order valence-corrected chi connectivity index (χ4v) is 5.18. The van der Waals surface area contributed by atoms with Crippen molar-refractivity contribution >= 4 is 12.5 Å². The van der Waals surface area contributed by atoms with Gasteiger partial charge in [-0.3, -0.25) is 4.79 Å². The number of rotatable bonds is 11. The molecule has 3 aromatic rings. The van der Waals surface area contributed by atoms with Gasteiger partial charge in [0.15, 0.2) is 0 Å². The minimum absolute atomic E-state index is 0.0779. The van der Waals surface area contributed by atoms with Gasteiger partial charge in [0.25, 0.3) is 6.47 Å². The van der Waals surface area contributed by atoms with Crippen LogP contribution in [0.5, 0.6) is 5.75 Å². The second-order valence-electron chi connectivity index (χ2n) is 9.77. The lowest BCUT2D eigenvalue weighted by Crippen LogP contribution is -2.26. The Balaban J connectivity index is 1.98. The van der Waals surface area contributed by atoms with E-state index in [0.717, 1.165) is 24.0 Å². The highest BCUT2D eigenvalue weighted by Crippen LogP contribution is 2.41. The maximum atomic E-state index is 10.7. The largest absolute Gasteiger partial charge is 0.429 e. The first-order valence-electron chi connectivity index (χ1n) is 13.1. The van der Waals surface area contributed by atoms with Crippen LogP contribution >= 0.6 is 0 Å². The molecule has 0 fully saturated rings. The van der Waals surface area contributed by atoms with Crippen molar-refractivity contribution in [2.75, 3.05) is 0 Å². The molecule has 190 valence electrons. The van der Waals surface area contributed by atoms with Gasteiger partial charge in [-0.15, -0.1) is 0 Å². The predicted molar refractivity (Wildman–Crippen MR) is 150 cm³/mol. The van der Waals surface area contributed by atoms with Gasteiger partial charge in [-0.25, -0.2) is 0 Å². The molecule has 3 aromatic carbocycles. The Hall–Kier alpha value is -3.17. The fraction of sp³-hybridized carbons (Fsp3) is 0.364. The summed E-state index contributed by atoms with van der Waals surface area (Å²) < 4.78 is 4.93. The van der Waals surface area contributed by atoms with Crippen molar-refractivity contribution in [2.24, 2.45) is 0 Å². The molecule has 0 bridgehead atoms. The molecule has 0 saturated heterocycles. The molecule has 3 nitrogen and oxygen atoms in total. The third-order valence-electron chi connectivity index (χ3n) is 7.96. The number of ether oxygens (including phenoxy) is 1. The van der Waals surface area contributed by atoms with Crippen LogP contribution in [0.1, 0.15) is 81.2 Å². The predicted octanol–water partition coefficient (Wildman–Crippen LogP) is 8.18. The van der Waals surface area contributed by atoms with Crippen LogP contribution in [-0.2, 0) is 10.2 Å². The summed E-state index contributed by atoms with van der Waals surface area (Å²) in [5, 5.41) is 10.7. The molecule has 0 aromatic heterocycles. The minimum atomic E-state index is -0.747. The second kappa shape index (κ2) is 11.7. The van der Waals surface area contributed by atoms with Gasteiger partial charge in [0.2, 0.25) is 0 Å². The number of aryl methyl sites for hydroxylation is 2. The Morgan fingerprint density at radius 2 is 1.36 bits per heavy atom. The third-order valence-corrected chi connectivity index (χ3v) is 7.96. The second-order valence-corrected chi connectivity index (χ2v) is 9.77. The van der Waals surface area contributed by atoms with Gasteiger partial charge in [0.1, 0.15) is 5.75 Å². The zero-order valence-corrected chi connectivity index (χ0v) is 22.6. The average molecular weight is 485 g/mol. The average Bonchev–Trinajstić information content (AvgIpc) is 2.90. The van der Waals surface area contributed by atoms with E-state index in [9.17, 15) is 9.90 Å². The molecular weight excluding hydrogens is 444 g/mol. The summed E-state index contributed by atoms with van der Waals surface area (Å²) in [6, 6.07) is 21.2. The summed E-state index contributed by atoms with van der Waals surface area (Å²) in [6.07, 6.45) is 7.42. The van der Waals surface area contributed by atoms with Crippen LogP contribution in [0, 0.1) is 13.8 Å². The zero-order chi connectivity index (χ0) is 26.3. The maximum absolute atomic E-state index is 10.7. The number of carbonyl (C=O) groups excluding carboxylic acids is 1. The Labute approximate surface area is 216 Å². The lowest BCUT2D eigenvalue weighted by molar-refractivity contribution is -0.120. The molecule has 0 aliphatic rings. The van der Waals surface area contributed by atoms with E-state index in [2.05, 4.69) is 70.2 Å². The van der Waals surface area contributed by atoms with Crippen LogP contribution in [0.15, 0.2) is 66.7 Å². The first-order valence-corrected chi connectivity index (χ1v) is 13.1. The molecule has 0 spiro atoms. The van der Waals surface area contributed by atoms with Crippen molar-refractivity contribution in [2.45, 2.75) is 78.2 Å². The molecule has 0 aliphatic carbocycles. The van der Waals surface area contributed by atoms with Crippen molar-refractivity contribution < 1.29 is 14.6 Å². The molecule has 0 saturated carbocycles. The Kier molecular flexibility index (Phi) is 8.92. The molecule has 3 rings (SSSR count). The molecule has 0 aliphatic heterocycles. The summed E-state index contributed by atoms with van der Waals surface area (Å²) in [6.45, 7) is 13.3. The fourth-order valence-electron chi connectivity index (χ4n) is 5.18. The summed E-state index contributed by atoms with van der Waals surface area (Å²) in [7, 11) is 0. The van der Waals surface area contributed by atoms with Gasteiger partial charge in [-0.1, -0.05) is 88.4 Å². The van der Waals surface area contributed by atoms with Gasteiger partial charge in [-0.2, -0.15) is 0 Å². The van der Waals surface area contributed by atoms with E-state index in [-0.39, 0.29) is 5.41 Å². The maximum Gasteiger partial charge on any atom is 0.298 e. The van der Waals surface area contributed by atoms with Crippen LogP contribution in [0.2, 0.25) is 0 Å². The molecule has 0 unspecified atom stereocenters. The van der Waals surface area contributed by atoms with Crippen LogP contribution < -0.4 is 4.74 Å². The lowest BCUT2D eigenvalue weighted by Gasteiger charge is -2.34. The summed E-state index contributed by atoms with van der Waals surface area (Å²) >= 11 is 0. The topological polar surface area (TPSA) is 46.5 Å². The highest BCUT2D eigenvalue weighted by atomic mass is 16.5. The van der Waals surface area contributed by atoms with Crippen LogP contribution in [0.3, 0.4) is 0 Å². The summed E-state index contributed by atoms with van der Waals surface area (Å²) in [5.74, 6) is 0.543. The van der Waals surface area contributed by atoms with Gasteiger partial charge < -0.3 is 9.84 Å². The molecule has 0 amide bonds. The molecular formula is C33H40O3. The molecule has 36 heavy (non-hydrogen) atoms. The quantitative estimate of drug-likeness (QED) is 0.279. The van der Waals surface area contributed by atoms with Crippen LogP contribution in [0.4, 0.5) is 0 Å². The van der Waals surface area contributed by atoms with E-state index in [4.69, 9.17) is 4.74 Å². The summed E-state index contributed by atoms with van der Waals surface area (Å²) in [5.41, 5.74) is 7.68. The Morgan fingerprint density at radius 3 is 1.86 bits per heavy atom. The van der Waals surface area contributed by atoms with Gasteiger partial charge in [-0.05, 0) is 90.6 Å². The molecule has 1 N–H and O–H groups in total. The van der Waals surface area contributed by atoms with E-state index in [1.54, 1.807) is 0 Å². The van der Waals surface area contributed by atoms with Crippen LogP contribution in [0.25, 0.3) is 17.2 Å². The van der Waals surface area contributed by atoms with Gasteiger partial charge >= 0.3 is 0 Å². The number of benzene rings is 3. The molecule has 3 heteroatoms. The van der Waals surface area contributed by atoms with E-state index in [1.807, 2.05) is 44.2 Å². The molecule has 0 atom stereocenters. The van der Waals surface area contributed by atoms with Crippen molar-refractivity contribution in [3.8, 4) is 16.9 Å². The first-order chi connectivity index (χ1) is 17.3. The van der Waals surface area contributed by atoms with Gasteiger partial charge in [0.05, 0.1) is 5.60 Å². The summed E-state index contributed by atoms with van der Waals surface area (Å²) in [4.78, 5) is 10.6. The smallest absolute Gasteiger partial charge is 0.298 e. The van der Waals surface area contributed by atoms with Crippen LogP contribution in [-0.4, -0.2) is 17.2 Å². The number of carbonyl (C=O) groups is 1. The Bertz CT molecular complexity index is 1200. The number of hydrogen-bond donors (Lipinski definition) is 1. The SMILES string of the molecule is CCC(O)(/C=C/c1ccc(C(CC)(CC)c2ccc(-c3ccc(OC=O)cc3)c(C)c2)cc1C)CC. The van der Waals surface area contributed by atoms with Crippen molar-refractivity contribution in [1.29, 1.82) is 0 Å². The standard InChI is InChI=1S/C33H40O3/c1-7-32(35,8-2)20-19-26-11-14-28(21-24(26)5)33(9-3,10-4)29-15-18-31(25(6)22-29)27-12-16-30(17-13-27)36-23-34/h11-23,35H,7-10H2,1-6H3/b20-19+. The lowest BCUT2D eigenvalue weighted by atomic mass is 9.69. The van der Waals surface area contributed by atoms with E-state index < -0.39 is 5.60 Å². The van der Waals surface area contributed by atoms with Gasteiger partial charge in [0, 0.05) is 5.41 Å². The van der Waals surface area contributed by atoms with E-state index >= 15 is 0 Å². The van der Waals surface area contributed by atoms with Crippen molar-refractivity contribution in [1.82, 2.24) is 0 Å². The highest BCUT2D eigenvalue weighted by Gasteiger charge is 2.31. The number of hydrogen-bond acceptors (Lipinski definition) is 3. The first kappa shape index (κ1) is 27.4. The monoisotopic (exact) mass is 484 g/mol. The Morgan fingerprint density at radius 1 is 0.778 bits per heavy atom. The number of aliphatic hydroxyl groups is 1.